The van der Waals surface area contributed by atoms with Crippen molar-refractivity contribution in [2.45, 2.75) is 40.0 Å². The van der Waals surface area contributed by atoms with E-state index in [-0.39, 0.29) is 0 Å². The zero-order valence-corrected chi connectivity index (χ0v) is 12.7. The van der Waals surface area contributed by atoms with Crippen molar-refractivity contribution >= 4 is 11.6 Å². The van der Waals surface area contributed by atoms with Crippen molar-refractivity contribution in [1.82, 2.24) is 10.5 Å². The molecule has 2 aromatic rings. The largest absolute Gasteiger partial charge is 0.487 e. The van der Waals surface area contributed by atoms with Gasteiger partial charge in [0.05, 0.1) is 0 Å². The van der Waals surface area contributed by atoms with E-state index < -0.39 is 0 Å². The highest BCUT2D eigenvalue weighted by Crippen LogP contribution is 2.27. The first-order chi connectivity index (χ1) is 9.56. The van der Waals surface area contributed by atoms with E-state index in [1.54, 1.807) is 0 Å². The van der Waals surface area contributed by atoms with Crippen LogP contribution in [0.15, 0.2) is 28.8 Å². The second-order valence-corrected chi connectivity index (χ2v) is 5.38. The first kappa shape index (κ1) is 14.9. The molecule has 20 heavy (non-hydrogen) atoms. The van der Waals surface area contributed by atoms with Crippen LogP contribution in [0.1, 0.15) is 30.9 Å². The summed E-state index contributed by atoms with van der Waals surface area (Å²) < 4.78 is 10.8. The molecule has 0 aliphatic carbocycles. The fourth-order valence-electron chi connectivity index (χ4n) is 1.79. The van der Waals surface area contributed by atoms with E-state index in [4.69, 9.17) is 20.9 Å². The second kappa shape index (κ2) is 6.77. The number of benzene rings is 1. The highest BCUT2D eigenvalue weighted by Gasteiger charge is 2.10. The second-order valence-electron chi connectivity index (χ2n) is 4.97. The van der Waals surface area contributed by atoms with Gasteiger partial charge in [-0.3, -0.25) is 0 Å². The van der Waals surface area contributed by atoms with E-state index in [0.717, 1.165) is 22.8 Å². The van der Waals surface area contributed by atoms with Gasteiger partial charge in [-0.15, -0.1) is 0 Å². The van der Waals surface area contributed by atoms with E-state index in [1.807, 2.05) is 31.2 Å². The smallest absolute Gasteiger partial charge is 0.134 e. The molecule has 1 aromatic heterocycles. The number of hydrogen-bond acceptors (Lipinski definition) is 4. The Kier molecular flexibility index (Phi) is 5.04. The maximum atomic E-state index is 6.24. The van der Waals surface area contributed by atoms with Crippen LogP contribution in [0.5, 0.6) is 5.75 Å². The van der Waals surface area contributed by atoms with E-state index in [0.29, 0.717) is 24.2 Å². The summed E-state index contributed by atoms with van der Waals surface area (Å²) >= 11 is 6.24. The van der Waals surface area contributed by atoms with Gasteiger partial charge in [-0.25, -0.2) is 0 Å². The lowest BCUT2D eigenvalue weighted by atomic mass is 10.2. The number of ether oxygens (including phenoxy) is 1. The summed E-state index contributed by atoms with van der Waals surface area (Å²) in [5, 5.41) is 7.96. The highest BCUT2D eigenvalue weighted by molar-refractivity contribution is 6.31. The number of hydrogen-bond donors (Lipinski definition) is 1. The van der Waals surface area contributed by atoms with Gasteiger partial charge in [0.15, 0.2) is 0 Å². The number of aromatic nitrogens is 1. The molecule has 0 aliphatic rings. The zero-order valence-electron chi connectivity index (χ0n) is 11.9. The molecule has 4 nitrogen and oxygen atoms in total. The third-order valence-corrected chi connectivity index (χ3v) is 3.17. The number of nitrogens with one attached hydrogen (secondary N) is 1. The molecule has 0 saturated carbocycles. The molecular weight excluding hydrogens is 276 g/mol. The van der Waals surface area contributed by atoms with Crippen molar-refractivity contribution in [3.05, 3.63) is 46.3 Å². The van der Waals surface area contributed by atoms with Gasteiger partial charge in [-0.05, 0) is 19.1 Å². The quantitative estimate of drug-likeness (QED) is 0.882. The van der Waals surface area contributed by atoms with Crippen molar-refractivity contribution in [3.63, 3.8) is 0 Å². The van der Waals surface area contributed by atoms with Crippen LogP contribution in [-0.2, 0) is 13.2 Å². The van der Waals surface area contributed by atoms with Gasteiger partial charge < -0.3 is 14.6 Å². The van der Waals surface area contributed by atoms with Gasteiger partial charge in [-0.2, -0.15) is 0 Å². The Morgan fingerprint density at radius 2 is 2.20 bits per heavy atom. The number of nitrogens with zero attached hydrogens (tertiary/aromatic N) is 1. The van der Waals surface area contributed by atoms with Crippen LogP contribution in [0.2, 0.25) is 5.02 Å². The van der Waals surface area contributed by atoms with E-state index in [1.165, 1.54) is 0 Å². The molecule has 2 rings (SSSR count). The Morgan fingerprint density at radius 1 is 1.40 bits per heavy atom. The number of rotatable bonds is 6. The average Bonchev–Trinajstić information content (AvgIpc) is 2.81. The summed E-state index contributed by atoms with van der Waals surface area (Å²) in [6.07, 6.45) is 0. The maximum Gasteiger partial charge on any atom is 0.134 e. The Bertz CT molecular complexity index is 567. The van der Waals surface area contributed by atoms with Crippen LogP contribution in [0, 0.1) is 6.92 Å². The van der Waals surface area contributed by atoms with Crippen molar-refractivity contribution in [1.29, 1.82) is 0 Å². The summed E-state index contributed by atoms with van der Waals surface area (Å²) in [6, 6.07) is 7.90. The lowest BCUT2D eigenvalue weighted by Crippen LogP contribution is -2.22. The average molecular weight is 295 g/mol. The molecule has 5 heteroatoms. The minimum Gasteiger partial charge on any atom is -0.487 e. The van der Waals surface area contributed by atoms with E-state index >= 15 is 0 Å². The lowest BCUT2D eigenvalue weighted by Gasteiger charge is -2.14. The Hall–Kier alpha value is -1.52. The topological polar surface area (TPSA) is 47.3 Å². The molecule has 0 saturated heterocycles. The molecule has 0 bridgehead atoms. The molecule has 1 aromatic carbocycles. The highest BCUT2D eigenvalue weighted by atomic mass is 35.5. The Labute approximate surface area is 124 Å². The van der Waals surface area contributed by atoms with Gasteiger partial charge in [0.25, 0.3) is 0 Å². The molecule has 1 heterocycles. The Morgan fingerprint density at radius 3 is 2.85 bits per heavy atom. The zero-order chi connectivity index (χ0) is 14.5. The molecule has 0 unspecified atom stereocenters. The molecule has 0 fully saturated rings. The fourth-order valence-corrected chi connectivity index (χ4v) is 2.02. The summed E-state index contributed by atoms with van der Waals surface area (Å²) in [7, 11) is 0. The number of halogens is 1. The minimum atomic E-state index is 0.367. The normalized spacial score (nSPS) is 11.1. The van der Waals surface area contributed by atoms with Crippen LogP contribution in [0.25, 0.3) is 0 Å². The van der Waals surface area contributed by atoms with E-state index in [2.05, 4.69) is 24.3 Å². The van der Waals surface area contributed by atoms with Crippen LogP contribution in [-0.4, -0.2) is 11.2 Å². The van der Waals surface area contributed by atoms with Gasteiger partial charge >= 0.3 is 0 Å². The fraction of sp³-hybridized carbons (Fsp3) is 0.400. The van der Waals surface area contributed by atoms with E-state index in [9.17, 15) is 0 Å². The molecular formula is C15H19ClN2O2. The molecule has 1 N–H and O–H groups in total. The molecule has 108 valence electrons. The SMILES string of the molecule is Cc1cc(COc2cccc(Cl)c2CNC(C)C)no1. The summed E-state index contributed by atoms with van der Waals surface area (Å²) in [5.41, 5.74) is 1.73. The summed E-state index contributed by atoms with van der Waals surface area (Å²) in [6.45, 7) is 7.08. The molecule has 0 amide bonds. The van der Waals surface area contributed by atoms with Crippen molar-refractivity contribution < 1.29 is 9.26 Å². The van der Waals surface area contributed by atoms with Crippen molar-refractivity contribution in [2.24, 2.45) is 0 Å². The maximum absolute atomic E-state index is 6.24. The molecule has 0 aliphatic heterocycles. The molecule has 0 radical (unpaired) electrons. The van der Waals surface area contributed by atoms with Crippen LogP contribution >= 0.6 is 11.6 Å². The van der Waals surface area contributed by atoms with Gasteiger partial charge in [0.1, 0.15) is 23.8 Å². The van der Waals surface area contributed by atoms with Crippen molar-refractivity contribution in [3.8, 4) is 5.75 Å². The number of aryl methyl sites for hydroxylation is 1. The molecule has 0 spiro atoms. The van der Waals surface area contributed by atoms with Gasteiger partial charge in [-0.1, -0.05) is 36.7 Å². The predicted molar refractivity (Wildman–Crippen MR) is 79.0 cm³/mol. The van der Waals surface area contributed by atoms with Gasteiger partial charge in [0, 0.05) is 29.2 Å². The van der Waals surface area contributed by atoms with Crippen LogP contribution in [0.3, 0.4) is 0 Å². The predicted octanol–water partition coefficient (Wildman–Crippen LogP) is 3.71. The lowest BCUT2D eigenvalue weighted by molar-refractivity contribution is 0.284. The third-order valence-electron chi connectivity index (χ3n) is 2.82. The summed E-state index contributed by atoms with van der Waals surface area (Å²) in [5.74, 6) is 1.54. The Balaban J connectivity index is 2.08. The van der Waals surface area contributed by atoms with Crippen LogP contribution in [0.4, 0.5) is 0 Å². The third kappa shape index (κ3) is 3.99. The van der Waals surface area contributed by atoms with Crippen LogP contribution < -0.4 is 10.1 Å². The van der Waals surface area contributed by atoms with Crippen molar-refractivity contribution in [2.75, 3.05) is 0 Å². The standard InChI is InChI=1S/C15H19ClN2O2/c1-10(2)17-8-13-14(16)5-4-6-15(13)19-9-12-7-11(3)20-18-12/h4-7,10,17H,8-9H2,1-3H3. The first-order valence-corrected chi connectivity index (χ1v) is 7.00. The monoisotopic (exact) mass is 294 g/mol. The summed E-state index contributed by atoms with van der Waals surface area (Å²) in [4.78, 5) is 0. The minimum absolute atomic E-state index is 0.367. The first-order valence-electron chi connectivity index (χ1n) is 6.62. The molecule has 0 atom stereocenters. The van der Waals surface area contributed by atoms with Gasteiger partial charge in [0.2, 0.25) is 0 Å².